The molecule has 3 rings (SSSR count). The van der Waals surface area contributed by atoms with Crippen LogP contribution < -0.4 is 10.5 Å². The second kappa shape index (κ2) is 4.54. The van der Waals surface area contributed by atoms with Crippen molar-refractivity contribution in [2.45, 2.75) is 44.1 Å². The van der Waals surface area contributed by atoms with Gasteiger partial charge in [-0.15, -0.1) is 0 Å². The second-order valence-electron chi connectivity index (χ2n) is 5.90. The fraction of sp³-hybridized carbons (Fsp3) is 0.667. The molecule has 3 heteroatoms. The summed E-state index contributed by atoms with van der Waals surface area (Å²) in [4.78, 5) is 4.51. The minimum absolute atomic E-state index is 0.280. The molecule has 0 aromatic carbocycles. The molecule has 1 heterocycles. The van der Waals surface area contributed by atoms with Crippen LogP contribution in [-0.2, 0) is 5.54 Å². The lowest BCUT2D eigenvalue weighted by Gasteiger charge is -2.38. The van der Waals surface area contributed by atoms with Gasteiger partial charge < -0.3 is 10.5 Å². The highest BCUT2D eigenvalue weighted by Crippen LogP contribution is 2.49. The SMILES string of the molecule is COc1cccnc1C1(N)CCCC(C2CC2)C1. The van der Waals surface area contributed by atoms with Crippen LogP contribution in [0.1, 0.15) is 44.2 Å². The summed E-state index contributed by atoms with van der Waals surface area (Å²) in [7, 11) is 1.70. The van der Waals surface area contributed by atoms with E-state index in [2.05, 4.69) is 4.98 Å². The Kier molecular flexibility index (Phi) is 3.02. The Morgan fingerprint density at radius 1 is 1.33 bits per heavy atom. The number of nitrogens with two attached hydrogens (primary N) is 1. The lowest BCUT2D eigenvalue weighted by Crippen LogP contribution is -2.43. The van der Waals surface area contributed by atoms with E-state index >= 15 is 0 Å². The summed E-state index contributed by atoms with van der Waals surface area (Å²) in [5, 5.41) is 0. The van der Waals surface area contributed by atoms with Crippen molar-refractivity contribution < 1.29 is 4.74 Å². The average molecular weight is 246 g/mol. The molecule has 3 nitrogen and oxygen atoms in total. The van der Waals surface area contributed by atoms with Gasteiger partial charge >= 0.3 is 0 Å². The van der Waals surface area contributed by atoms with Crippen LogP contribution in [0.15, 0.2) is 18.3 Å². The van der Waals surface area contributed by atoms with Crippen LogP contribution in [0.4, 0.5) is 0 Å². The maximum absolute atomic E-state index is 6.67. The third kappa shape index (κ3) is 2.12. The molecule has 1 aromatic rings. The van der Waals surface area contributed by atoms with E-state index in [1.807, 2.05) is 18.3 Å². The number of hydrogen-bond donors (Lipinski definition) is 1. The molecule has 0 saturated heterocycles. The van der Waals surface area contributed by atoms with Crippen LogP contribution in [0.25, 0.3) is 0 Å². The summed E-state index contributed by atoms with van der Waals surface area (Å²) in [6, 6.07) is 3.88. The first kappa shape index (κ1) is 12.0. The molecule has 18 heavy (non-hydrogen) atoms. The van der Waals surface area contributed by atoms with Crippen LogP contribution in [0.5, 0.6) is 5.75 Å². The minimum Gasteiger partial charge on any atom is -0.495 e. The predicted octanol–water partition coefficient (Wildman–Crippen LogP) is 2.84. The van der Waals surface area contributed by atoms with Gasteiger partial charge in [0.2, 0.25) is 0 Å². The molecule has 1 aromatic heterocycles. The monoisotopic (exact) mass is 246 g/mol. The molecule has 0 bridgehead atoms. The molecular formula is C15H22N2O. The zero-order valence-electron chi connectivity index (χ0n) is 11.1. The van der Waals surface area contributed by atoms with Crippen molar-refractivity contribution in [3.8, 4) is 5.75 Å². The van der Waals surface area contributed by atoms with E-state index in [0.717, 1.165) is 36.1 Å². The molecule has 2 saturated carbocycles. The smallest absolute Gasteiger partial charge is 0.142 e. The molecule has 0 spiro atoms. The lowest BCUT2D eigenvalue weighted by molar-refractivity contribution is 0.197. The van der Waals surface area contributed by atoms with E-state index in [0.29, 0.717) is 0 Å². The quantitative estimate of drug-likeness (QED) is 0.892. The van der Waals surface area contributed by atoms with Gasteiger partial charge in [-0.25, -0.2) is 0 Å². The molecule has 2 fully saturated rings. The summed E-state index contributed by atoms with van der Waals surface area (Å²) in [5.41, 5.74) is 7.35. The minimum atomic E-state index is -0.280. The van der Waals surface area contributed by atoms with E-state index in [1.165, 1.54) is 25.7 Å². The predicted molar refractivity (Wildman–Crippen MR) is 71.3 cm³/mol. The first-order chi connectivity index (χ1) is 8.73. The largest absolute Gasteiger partial charge is 0.495 e. The van der Waals surface area contributed by atoms with E-state index in [-0.39, 0.29) is 5.54 Å². The van der Waals surface area contributed by atoms with E-state index in [4.69, 9.17) is 10.5 Å². The number of nitrogens with zero attached hydrogens (tertiary/aromatic N) is 1. The zero-order chi connectivity index (χ0) is 12.6. The Morgan fingerprint density at radius 3 is 2.89 bits per heavy atom. The highest BCUT2D eigenvalue weighted by molar-refractivity contribution is 5.33. The maximum atomic E-state index is 6.67. The molecule has 98 valence electrons. The number of hydrogen-bond acceptors (Lipinski definition) is 3. The Labute approximate surface area is 109 Å². The van der Waals surface area contributed by atoms with Gasteiger partial charge in [-0.2, -0.15) is 0 Å². The lowest BCUT2D eigenvalue weighted by atomic mass is 9.72. The molecule has 0 amide bonds. The van der Waals surface area contributed by atoms with Crippen molar-refractivity contribution in [2.75, 3.05) is 7.11 Å². The van der Waals surface area contributed by atoms with Gasteiger partial charge in [0.15, 0.2) is 0 Å². The number of rotatable bonds is 3. The molecule has 0 aliphatic heterocycles. The third-order valence-corrected chi connectivity index (χ3v) is 4.58. The number of aromatic nitrogens is 1. The average Bonchev–Trinajstić information content (AvgIpc) is 3.23. The summed E-state index contributed by atoms with van der Waals surface area (Å²) in [5.74, 6) is 2.58. The molecular weight excluding hydrogens is 224 g/mol. The summed E-state index contributed by atoms with van der Waals surface area (Å²) < 4.78 is 5.43. The molecule has 0 radical (unpaired) electrons. The standard InChI is InChI=1S/C15H22N2O/c1-18-13-5-3-9-17-14(13)15(16)8-2-4-12(10-15)11-6-7-11/h3,5,9,11-12H,2,4,6-8,10,16H2,1H3. The molecule has 2 N–H and O–H groups in total. The summed E-state index contributed by atoms with van der Waals surface area (Å²) in [6.45, 7) is 0. The van der Waals surface area contributed by atoms with E-state index < -0.39 is 0 Å². The van der Waals surface area contributed by atoms with Crippen molar-refractivity contribution >= 4 is 0 Å². The van der Waals surface area contributed by atoms with Gasteiger partial charge in [-0.05, 0) is 49.7 Å². The Bertz CT molecular complexity index is 430. The van der Waals surface area contributed by atoms with Crippen LogP contribution in [-0.4, -0.2) is 12.1 Å². The van der Waals surface area contributed by atoms with Crippen LogP contribution in [0, 0.1) is 11.8 Å². The third-order valence-electron chi connectivity index (χ3n) is 4.58. The normalized spacial score (nSPS) is 32.2. The first-order valence-corrected chi connectivity index (χ1v) is 7.01. The van der Waals surface area contributed by atoms with Gasteiger partial charge in [-0.3, -0.25) is 4.98 Å². The number of methoxy groups -OCH3 is 1. The topological polar surface area (TPSA) is 48.1 Å². The fourth-order valence-corrected chi connectivity index (χ4v) is 3.47. The molecule has 2 aliphatic carbocycles. The Hall–Kier alpha value is -1.09. The van der Waals surface area contributed by atoms with Crippen molar-refractivity contribution in [3.05, 3.63) is 24.0 Å². The highest BCUT2D eigenvalue weighted by Gasteiger charge is 2.42. The van der Waals surface area contributed by atoms with Crippen molar-refractivity contribution in [3.63, 3.8) is 0 Å². The summed E-state index contributed by atoms with van der Waals surface area (Å²) in [6.07, 6.45) is 9.30. The van der Waals surface area contributed by atoms with Gasteiger partial charge in [0, 0.05) is 6.20 Å². The second-order valence-corrected chi connectivity index (χ2v) is 5.90. The van der Waals surface area contributed by atoms with Crippen LogP contribution in [0.2, 0.25) is 0 Å². The molecule has 2 atom stereocenters. The number of pyridine rings is 1. The summed E-state index contributed by atoms with van der Waals surface area (Å²) >= 11 is 0. The zero-order valence-corrected chi connectivity index (χ0v) is 11.1. The Morgan fingerprint density at radius 2 is 2.17 bits per heavy atom. The van der Waals surface area contributed by atoms with Crippen molar-refractivity contribution in [1.82, 2.24) is 4.98 Å². The van der Waals surface area contributed by atoms with Crippen molar-refractivity contribution in [2.24, 2.45) is 17.6 Å². The van der Waals surface area contributed by atoms with Gasteiger partial charge in [-0.1, -0.05) is 12.8 Å². The van der Waals surface area contributed by atoms with Crippen LogP contribution in [0.3, 0.4) is 0 Å². The van der Waals surface area contributed by atoms with Gasteiger partial charge in [0.25, 0.3) is 0 Å². The highest BCUT2D eigenvalue weighted by atomic mass is 16.5. The van der Waals surface area contributed by atoms with Gasteiger partial charge in [0.05, 0.1) is 12.6 Å². The molecule has 2 aliphatic rings. The fourth-order valence-electron chi connectivity index (χ4n) is 3.47. The van der Waals surface area contributed by atoms with Gasteiger partial charge in [0.1, 0.15) is 11.4 Å². The van der Waals surface area contributed by atoms with E-state index in [9.17, 15) is 0 Å². The van der Waals surface area contributed by atoms with E-state index in [1.54, 1.807) is 7.11 Å². The molecule has 2 unspecified atom stereocenters. The Balaban J connectivity index is 1.87. The first-order valence-electron chi connectivity index (χ1n) is 7.01. The van der Waals surface area contributed by atoms with Crippen molar-refractivity contribution in [1.29, 1.82) is 0 Å². The maximum Gasteiger partial charge on any atom is 0.142 e. The van der Waals surface area contributed by atoms with Crippen LogP contribution >= 0.6 is 0 Å². The number of ether oxygens (including phenoxy) is 1.